The van der Waals surface area contributed by atoms with E-state index in [4.69, 9.17) is 24.9 Å². The number of nitrogens with one attached hydrogen (secondary N) is 1. The van der Waals surface area contributed by atoms with Gasteiger partial charge in [-0.15, -0.1) is 11.3 Å². The largest absolute Gasteiger partial charge is 0.504 e. The number of aromatic hydroxyl groups is 2. The van der Waals surface area contributed by atoms with Gasteiger partial charge in [0.15, 0.2) is 22.3 Å². The molecule has 6 rings (SSSR count). The number of cyclic esters (lactones) is 1. The first-order valence-electron chi connectivity index (χ1n) is 14.7. The molecule has 7 N–H and O–H groups in total. The second-order valence-electron chi connectivity index (χ2n) is 12.3. The van der Waals surface area contributed by atoms with E-state index in [0.29, 0.717) is 0 Å². The van der Waals surface area contributed by atoms with Gasteiger partial charge in [0.05, 0.1) is 30.3 Å². The first kappa shape index (κ1) is 34.1. The molecule has 0 aromatic carbocycles. The van der Waals surface area contributed by atoms with Crippen LogP contribution in [0.5, 0.6) is 11.5 Å². The fraction of sp³-hybridized carbons (Fsp3) is 0.429. The number of hydrogen-bond donors (Lipinski definition) is 6. The van der Waals surface area contributed by atoms with E-state index in [9.17, 15) is 49.2 Å². The van der Waals surface area contributed by atoms with Crippen LogP contribution < -0.4 is 16.7 Å². The third kappa shape index (κ3) is 5.71. The molecule has 0 aliphatic carbocycles. The molecular formula is C28H29N7O14S. The van der Waals surface area contributed by atoms with Crippen molar-refractivity contribution in [2.24, 2.45) is 5.16 Å². The summed E-state index contributed by atoms with van der Waals surface area (Å²) in [7, 11) is 0. The van der Waals surface area contributed by atoms with Crippen molar-refractivity contribution in [3.63, 3.8) is 0 Å². The number of hydrogen-bond acceptors (Lipinski definition) is 16. The Bertz CT molecular complexity index is 2040. The van der Waals surface area contributed by atoms with Gasteiger partial charge in [-0.2, -0.15) is 5.06 Å². The minimum absolute atomic E-state index is 0.0173. The van der Waals surface area contributed by atoms with Crippen LogP contribution in [0.2, 0.25) is 0 Å². The Morgan fingerprint density at radius 1 is 1.14 bits per heavy atom. The molecule has 21 nitrogen and oxygen atoms in total. The van der Waals surface area contributed by atoms with E-state index in [1.807, 2.05) is 0 Å². The molecule has 0 spiro atoms. The first-order chi connectivity index (χ1) is 23.5. The zero-order valence-corrected chi connectivity index (χ0v) is 26.9. The van der Waals surface area contributed by atoms with Gasteiger partial charge < -0.3 is 45.8 Å². The molecule has 0 saturated carbocycles. The molecular weight excluding hydrogens is 690 g/mol. The normalized spacial score (nSPS) is 26.6. The number of ether oxygens (including phenoxy) is 2. The number of pyridine rings is 1. The minimum Gasteiger partial charge on any atom is -0.504 e. The van der Waals surface area contributed by atoms with Gasteiger partial charge in [-0.25, -0.2) is 24.2 Å². The number of thiazole rings is 1. The standard InChI is InChI=1S/C28H29N7O14S/c1-26(2)11-27(22(41)42,3-4-46-26)49-32-18(14-10-50-24(29)31-14)19(38)30-13-9-47-35(20(13)39)28(23(43)44)6-15(21(40)48-28)34-7-12-5-16(36)17(37)8-33(12)25(34)45/h5,7-8,10,13,15,36-37H,3-4,6,9,11H2,1-2H3,(H2,29,31)(H,30,38)(H,41,42)(H,43,44)/b32-18-/t13-,15?,27?,28?/m0/s1. The van der Waals surface area contributed by atoms with Crippen LogP contribution in [0.3, 0.4) is 0 Å². The Morgan fingerprint density at radius 2 is 1.88 bits per heavy atom. The third-order valence-corrected chi connectivity index (χ3v) is 9.02. The van der Waals surface area contributed by atoms with Gasteiger partial charge in [0, 0.05) is 30.5 Å². The maximum atomic E-state index is 13.6. The number of esters is 1. The number of rotatable bonds is 9. The molecule has 266 valence electrons. The average molecular weight is 720 g/mol. The van der Waals surface area contributed by atoms with Gasteiger partial charge >= 0.3 is 29.3 Å². The molecule has 4 atom stereocenters. The van der Waals surface area contributed by atoms with Crippen molar-refractivity contribution in [3.05, 3.63) is 40.0 Å². The summed E-state index contributed by atoms with van der Waals surface area (Å²) in [5.74, 6) is -7.89. The number of anilines is 1. The van der Waals surface area contributed by atoms with Crippen molar-refractivity contribution in [1.82, 2.24) is 24.3 Å². The molecule has 3 unspecified atom stereocenters. The summed E-state index contributed by atoms with van der Waals surface area (Å²) in [5.41, 5.74) is -1.39. The van der Waals surface area contributed by atoms with Gasteiger partial charge in [0.25, 0.3) is 11.8 Å². The Hall–Kier alpha value is -5.74. The van der Waals surface area contributed by atoms with Crippen molar-refractivity contribution < 1.29 is 63.5 Å². The predicted octanol–water partition coefficient (Wildman–Crippen LogP) is -1.09. The Labute approximate surface area is 283 Å². The van der Waals surface area contributed by atoms with Crippen LogP contribution >= 0.6 is 11.3 Å². The van der Waals surface area contributed by atoms with Crippen LogP contribution in [-0.4, -0.2) is 111 Å². The highest BCUT2D eigenvalue weighted by Gasteiger charge is 2.63. The molecule has 0 bridgehead atoms. The molecule has 3 aromatic rings. The smallest absolute Gasteiger partial charge is 0.372 e. The summed E-state index contributed by atoms with van der Waals surface area (Å²) in [6.07, 6.45) is 0.942. The average Bonchev–Trinajstić information content (AvgIpc) is 3.79. The summed E-state index contributed by atoms with van der Waals surface area (Å²) in [6.45, 7) is 2.69. The van der Waals surface area contributed by atoms with Crippen LogP contribution in [0.25, 0.3) is 5.52 Å². The number of amides is 2. The summed E-state index contributed by atoms with van der Waals surface area (Å²) < 4.78 is 12.5. The number of carbonyl (C=O) groups is 5. The van der Waals surface area contributed by atoms with E-state index in [1.54, 1.807) is 13.8 Å². The molecule has 3 saturated heterocycles. The zero-order chi connectivity index (χ0) is 36.3. The molecule has 3 aliphatic rings. The van der Waals surface area contributed by atoms with Gasteiger partial charge in [0.1, 0.15) is 24.4 Å². The number of nitrogen functional groups attached to an aromatic ring is 1. The maximum Gasteiger partial charge on any atom is 0.372 e. The van der Waals surface area contributed by atoms with E-state index in [1.165, 1.54) is 5.38 Å². The van der Waals surface area contributed by atoms with Crippen LogP contribution in [0.15, 0.2) is 33.8 Å². The minimum atomic E-state index is -2.79. The van der Waals surface area contributed by atoms with Crippen LogP contribution in [0, 0.1) is 0 Å². The van der Waals surface area contributed by atoms with Crippen LogP contribution in [0.1, 0.15) is 44.8 Å². The SMILES string of the molecule is CC1(C)CC(O/N=C(\C(=O)N[C@H]2CON(C3(C(=O)O)CC(n4cc5cc(O)c(O)cn5c4=O)C(=O)O3)C2=O)c2csc(N)n2)(C(=O)O)CCO1. The van der Waals surface area contributed by atoms with Crippen molar-refractivity contribution >= 4 is 57.4 Å². The number of carbonyl (C=O) groups excluding carboxylic acids is 3. The van der Waals surface area contributed by atoms with Crippen molar-refractivity contribution in [1.29, 1.82) is 0 Å². The monoisotopic (exact) mass is 719 g/mol. The molecule has 3 aromatic heterocycles. The Kier molecular flexibility index (Phi) is 8.19. The van der Waals surface area contributed by atoms with Crippen LogP contribution in [0.4, 0.5) is 5.13 Å². The van der Waals surface area contributed by atoms with Crippen molar-refractivity contribution in [2.75, 3.05) is 18.9 Å². The number of hydroxylamine groups is 2. The quantitative estimate of drug-likeness (QED) is 0.0870. The summed E-state index contributed by atoms with van der Waals surface area (Å²) in [4.78, 5) is 93.0. The Morgan fingerprint density at radius 3 is 2.52 bits per heavy atom. The highest BCUT2D eigenvalue weighted by Crippen LogP contribution is 2.40. The van der Waals surface area contributed by atoms with Gasteiger partial charge in [-0.1, -0.05) is 5.16 Å². The number of carboxylic acids is 2. The number of aromatic nitrogens is 3. The summed E-state index contributed by atoms with van der Waals surface area (Å²) in [6, 6.07) is -2.15. The van der Waals surface area contributed by atoms with E-state index in [0.717, 1.165) is 38.8 Å². The number of carboxylic acid groups (broad SMARTS) is 2. The maximum absolute atomic E-state index is 13.6. The molecule has 6 heterocycles. The van der Waals surface area contributed by atoms with Gasteiger partial charge in [0.2, 0.25) is 5.60 Å². The van der Waals surface area contributed by atoms with E-state index in [2.05, 4.69) is 15.5 Å². The number of nitrogens with zero attached hydrogens (tertiary/aromatic N) is 5. The fourth-order valence-corrected chi connectivity index (χ4v) is 6.47. The first-order valence-corrected chi connectivity index (χ1v) is 15.6. The van der Waals surface area contributed by atoms with Crippen LogP contribution in [-0.2, 0) is 43.1 Å². The topological polar surface area (TPSA) is 296 Å². The molecule has 3 fully saturated rings. The third-order valence-electron chi connectivity index (χ3n) is 8.35. The number of imidazole rings is 1. The second-order valence-corrected chi connectivity index (χ2v) is 13.2. The van der Waals surface area contributed by atoms with E-state index in [-0.39, 0.29) is 40.9 Å². The Balaban J connectivity index is 1.25. The summed E-state index contributed by atoms with van der Waals surface area (Å²) >= 11 is 0.932. The number of nitrogens with two attached hydrogens (primary N) is 1. The number of fused-ring (bicyclic) bond motifs is 1. The highest BCUT2D eigenvalue weighted by molar-refractivity contribution is 7.13. The van der Waals surface area contributed by atoms with Crippen molar-refractivity contribution in [2.45, 2.75) is 62.1 Å². The fourth-order valence-electron chi connectivity index (χ4n) is 5.92. The lowest BCUT2D eigenvalue weighted by Crippen LogP contribution is -2.57. The van der Waals surface area contributed by atoms with Gasteiger partial charge in [-0.3, -0.25) is 23.4 Å². The lowest BCUT2D eigenvalue weighted by Gasteiger charge is -2.40. The molecule has 50 heavy (non-hydrogen) atoms. The predicted molar refractivity (Wildman–Crippen MR) is 164 cm³/mol. The molecule has 2 amide bonds. The molecule has 22 heteroatoms. The number of oxime groups is 1. The zero-order valence-electron chi connectivity index (χ0n) is 26.1. The lowest BCUT2D eigenvalue weighted by molar-refractivity contribution is -0.256. The molecule has 0 radical (unpaired) electrons. The second kappa shape index (κ2) is 12.0. The number of aliphatic carboxylic acids is 2. The van der Waals surface area contributed by atoms with Gasteiger partial charge in [-0.05, 0) is 13.8 Å². The summed E-state index contributed by atoms with van der Waals surface area (Å²) in [5, 5.41) is 47.6. The molecule has 3 aliphatic heterocycles. The lowest BCUT2D eigenvalue weighted by atomic mass is 9.84. The van der Waals surface area contributed by atoms with E-state index < -0.39 is 94.7 Å². The van der Waals surface area contributed by atoms with E-state index >= 15 is 0 Å². The highest BCUT2D eigenvalue weighted by atomic mass is 32.1. The van der Waals surface area contributed by atoms with Crippen molar-refractivity contribution in [3.8, 4) is 11.5 Å².